The van der Waals surface area contributed by atoms with Gasteiger partial charge in [-0.25, -0.2) is 23.4 Å². The first-order chi connectivity index (χ1) is 8.58. The third-order valence-corrected chi connectivity index (χ3v) is 5.40. The number of imidazole rings is 1. The number of aromatic nitrogens is 4. The monoisotopic (exact) mass is 267 g/mol. The zero-order valence-corrected chi connectivity index (χ0v) is 10.4. The maximum absolute atomic E-state index is 12.0. The Bertz CT molecular complexity index is 693. The summed E-state index contributed by atoms with van der Waals surface area (Å²) in [4.78, 5) is 15.0. The Kier molecular flexibility index (Phi) is 2.47. The van der Waals surface area contributed by atoms with Gasteiger partial charge >= 0.3 is 0 Å². The quantitative estimate of drug-likeness (QED) is 0.780. The van der Waals surface area contributed by atoms with Gasteiger partial charge in [0.2, 0.25) is 0 Å². The van der Waals surface area contributed by atoms with Crippen molar-refractivity contribution in [2.75, 3.05) is 11.5 Å². The van der Waals surface area contributed by atoms with Gasteiger partial charge in [-0.15, -0.1) is 0 Å². The number of nitrogens with zero attached hydrogens (tertiary/aromatic N) is 3. The molecule has 18 heavy (non-hydrogen) atoms. The standard InChI is InChI=1S/C10H13N5O2S/c11-8-7-10(13-5-12-8)15-9(14-7)6-3-1-2-4-18(6,16)17/h5-6H,1-4H2,(H3,11,12,13,14,15). The van der Waals surface area contributed by atoms with Gasteiger partial charge in [0.15, 0.2) is 21.3 Å². The SMILES string of the molecule is Nc1ncnc2nc(C3CCCCS3(=O)=O)[nH]c12. The first-order valence-corrected chi connectivity index (χ1v) is 7.47. The number of anilines is 1. The molecule has 0 saturated carbocycles. The lowest BCUT2D eigenvalue weighted by atomic mass is 10.2. The lowest BCUT2D eigenvalue weighted by Crippen LogP contribution is -2.22. The molecule has 3 rings (SSSR count). The predicted octanol–water partition coefficient (Wildman–Crippen LogP) is 0.575. The Hall–Kier alpha value is -1.70. The zero-order valence-electron chi connectivity index (χ0n) is 9.63. The molecular weight excluding hydrogens is 254 g/mol. The lowest BCUT2D eigenvalue weighted by molar-refractivity contribution is 0.540. The number of hydrogen-bond acceptors (Lipinski definition) is 6. The molecule has 8 heteroatoms. The molecule has 2 aromatic heterocycles. The van der Waals surface area contributed by atoms with Gasteiger partial charge < -0.3 is 10.7 Å². The third-order valence-electron chi connectivity index (χ3n) is 3.22. The second-order valence-corrected chi connectivity index (χ2v) is 6.73. The highest BCUT2D eigenvalue weighted by molar-refractivity contribution is 7.91. The summed E-state index contributed by atoms with van der Waals surface area (Å²) >= 11 is 0. The Labute approximate surface area is 104 Å². The van der Waals surface area contributed by atoms with E-state index in [4.69, 9.17) is 5.73 Å². The van der Waals surface area contributed by atoms with Crippen LogP contribution < -0.4 is 5.73 Å². The molecule has 2 aromatic rings. The van der Waals surface area contributed by atoms with Crippen molar-refractivity contribution in [3.8, 4) is 0 Å². The van der Waals surface area contributed by atoms with Gasteiger partial charge in [-0.05, 0) is 12.8 Å². The number of rotatable bonds is 1. The van der Waals surface area contributed by atoms with E-state index < -0.39 is 15.1 Å². The third kappa shape index (κ3) is 1.72. The van der Waals surface area contributed by atoms with Gasteiger partial charge in [-0.3, -0.25) is 0 Å². The van der Waals surface area contributed by atoms with Crippen molar-refractivity contribution in [3.05, 3.63) is 12.2 Å². The molecule has 7 nitrogen and oxygen atoms in total. The zero-order chi connectivity index (χ0) is 12.8. The van der Waals surface area contributed by atoms with E-state index in [0.717, 1.165) is 12.8 Å². The van der Waals surface area contributed by atoms with E-state index in [1.165, 1.54) is 6.33 Å². The fourth-order valence-corrected chi connectivity index (χ4v) is 4.15. The molecule has 0 amide bonds. The van der Waals surface area contributed by atoms with Gasteiger partial charge in [0, 0.05) is 0 Å². The van der Waals surface area contributed by atoms with Crippen LogP contribution in [-0.2, 0) is 9.84 Å². The number of aromatic amines is 1. The maximum Gasteiger partial charge on any atom is 0.183 e. The minimum absolute atomic E-state index is 0.218. The largest absolute Gasteiger partial charge is 0.382 e. The summed E-state index contributed by atoms with van der Waals surface area (Å²) in [5.74, 6) is 0.930. The molecule has 0 spiro atoms. The molecule has 1 unspecified atom stereocenters. The van der Waals surface area contributed by atoms with E-state index in [9.17, 15) is 8.42 Å². The highest BCUT2D eigenvalue weighted by Crippen LogP contribution is 2.32. The van der Waals surface area contributed by atoms with E-state index >= 15 is 0 Å². The summed E-state index contributed by atoms with van der Waals surface area (Å²) < 4.78 is 24.0. The van der Waals surface area contributed by atoms with Crippen molar-refractivity contribution in [2.45, 2.75) is 24.5 Å². The van der Waals surface area contributed by atoms with Crippen LogP contribution in [0.25, 0.3) is 11.2 Å². The fraction of sp³-hybridized carbons (Fsp3) is 0.500. The molecule has 0 aromatic carbocycles. The summed E-state index contributed by atoms with van der Waals surface area (Å²) in [6, 6.07) is 0. The van der Waals surface area contributed by atoms with E-state index in [0.29, 0.717) is 23.4 Å². The van der Waals surface area contributed by atoms with E-state index in [1.54, 1.807) is 0 Å². The number of hydrogen-bond donors (Lipinski definition) is 2. The van der Waals surface area contributed by atoms with E-state index in [2.05, 4.69) is 19.9 Å². The number of nitrogens with one attached hydrogen (secondary N) is 1. The first-order valence-electron chi connectivity index (χ1n) is 5.75. The highest BCUT2D eigenvalue weighted by Gasteiger charge is 2.32. The number of H-pyrrole nitrogens is 1. The van der Waals surface area contributed by atoms with Crippen LogP contribution in [0.3, 0.4) is 0 Å². The molecule has 1 saturated heterocycles. The number of sulfone groups is 1. The molecule has 3 heterocycles. The van der Waals surface area contributed by atoms with Gasteiger partial charge in [-0.2, -0.15) is 0 Å². The summed E-state index contributed by atoms with van der Waals surface area (Å²) in [6.07, 6.45) is 3.52. The molecule has 1 atom stereocenters. The van der Waals surface area contributed by atoms with Gasteiger partial charge in [-0.1, -0.05) is 6.42 Å². The minimum atomic E-state index is -3.12. The van der Waals surface area contributed by atoms with Crippen molar-refractivity contribution < 1.29 is 8.42 Å². The van der Waals surface area contributed by atoms with Crippen molar-refractivity contribution in [3.63, 3.8) is 0 Å². The van der Waals surface area contributed by atoms with Crippen LogP contribution in [0.4, 0.5) is 5.82 Å². The topological polar surface area (TPSA) is 115 Å². The molecule has 1 aliphatic heterocycles. The fourth-order valence-electron chi connectivity index (χ4n) is 2.28. The van der Waals surface area contributed by atoms with Crippen molar-refractivity contribution in [2.24, 2.45) is 0 Å². The molecule has 0 bridgehead atoms. The van der Waals surface area contributed by atoms with Crippen LogP contribution in [0, 0.1) is 0 Å². The highest BCUT2D eigenvalue weighted by atomic mass is 32.2. The van der Waals surface area contributed by atoms with Crippen LogP contribution in [0.1, 0.15) is 30.3 Å². The number of nitrogens with two attached hydrogens (primary N) is 1. The van der Waals surface area contributed by atoms with Crippen molar-refractivity contribution in [1.29, 1.82) is 0 Å². The van der Waals surface area contributed by atoms with Crippen LogP contribution in [-0.4, -0.2) is 34.1 Å². The Morgan fingerprint density at radius 2 is 2.17 bits per heavy atom. The molecule has 1 fully saturated rings. The molecule has 3 N–H and O–H groups in total. The summed E-state index contributed by atoms with van der Waals surface area (Å²) in [7, 11) is -3.12. The molecule has 1 aliphatic rings. The summed E-state index contributed by atoms with van der Waals surface area (Å²) in [5, 5.41) is -0.570. The summed E-state index contributed by atoms with van der Waals surface area (Å²) in [6.45, 7) is 0. The number of fused-ring (bicyclic) bond motifs is 1. The average Bonchev–Trinajstić information content (AvgIpc) is 2.73. The van der Waals surface area contributed by atoms with Crippen LogP contribution in [0.5, 0.6) is 0 Å². The lowest BCUT2D eigenvalue weighted by Gasteiger charge is -2.19. The Morgan fingerprint density at radius 1 is 1.33 bits per heavy atom. The van der Waals surface area contributed by atoms with Crippen molar-refractivity contribution >= 4 is 26.8 Å². The summed E-state index contributed by atoms with van der Waals surface area (Å²) in [5.41, 5.74) is 6.62. The second-order valence-electron chi connectivity index (χ2n) is 4.43. The number of nitrogen functional groups attached to an aromatic ring is 1. The van der Waals surface area contributed by atoms with Crippen LogP contribution in [0.15, 0.2) is 6.33 Å². The Balaban J connectivity index is 2.12. The van der Waals surface area contributed by atoms with Gasteiger partial charge in [0.25, 0.3) is 0 Å². The van der Waals surface area contributed by atoms with Gasteiger partial charge in [0.1, 0.15) is 22.9 Å². The normalized spacial score (nSPS) is 23.2. The minimum Gasteiger partial charge on any atom is -0.382 e. The first kappa shape index (κ1) is 11.4. The van der Waals surface area contributed by atoms with E-state index in [1.807, 2.05) is 0 Å². The van der Waals surface area contributed by atoms with Gasteiger partial charge in [0.05, 0.1) is 5.75 Å². The second kappa shape index (κ2) is 3.91. The Morgan fingerprint density at radius 3 is 2.89 bits per heavy atom. The van der Waals surface area contributed by atoms with Crippen molar-refractivity contribution in [1.82, 2.24) is 19.9 Å². The molecular formula is C10H13N5O2S. The molecule has 0 radical (unpaired) electrons. The maximum atomic E-state index is 12.0. The smallest absolute Gasteiger partial charge is 0.183 e. The molecule has 96 valence electrons. The predicted molar refractivity (Wildman–Crippen MR) is 66.5 cm³/mol. The van der Waals surface area contributed by atoms with Crippen LogP contribution >= 0.6 is 0 Å². The molecule has 0 aliphatic carbocycles. The van der Waals surface area contributed by atoms with E-state index in [-0.39, 0.29) is 11.6 Å². The van der Waals surface area contributed by atoms with Crippen LogP contribution in [0.2, 0.25) is 0 Å². The average molecular weight is 267 g/mol.